The zero-order valence-corrected chi connectivity index (χ0v) is 14.8. The fourth-order valence-electron chi connectivity index (χ4n) is 3.17. The van der Waals surface area contributed by atoms with E-state index in [4.69, 9.17) is 0 Å². The number of amides is 1. The molecule has 25 heavy (non-hydrogen) atoms. The molecule has 0 atom stereocenters. The van der Waals surface area contributed by atoms with Crippen molar-refractivity contribution in [1.82, 2.24) is 20.3 Å². The first-order chi connectivity index (χ1) is 12.2. The van der Waals surface area contributed by atoms with Crippen molar-refractivity contribution in [3.63, 3.8) is 0 Å². The van der Waals surface area contributed by atoms with Gasteiger partial charge in [0.15, 0.2) is 0 Å². The molecule has 4 rings (SSSR count). The lowest BCUT2D eigenvalue weighted by molar-refractivity contribution is 0.0926. The third-order valence-electron chi connectivity index (χ3n) is 4.54. The summed E-state index contributed by atoms with van der Waals surface area (Å²) in [6.45, 7) is 3.82. The van der Waals surface area contributed by atoms with Gasteiger partial charge in [0.1, 0.15) is 17.8 Å². The normalized spacial score (nSPS) is 15.5. The molecule has 3 aromatic heterocycles. The molecule has 0 aromatic carbocycles. The van der Waals surface area contributed by atoms with Crippen LogP contribution in [0.4, 0.5) is 5.82 Å². The molecular formula is C18H19N5OS. The quantitative estimate of drug-likeness (QED) is 0.784. The van der Waals surface area contributed by atoms with Gasteiger partial charge < -0.3 is 10.2 Å². The van der Waals surface area contributed by atoms with E-state index < -0.39 is 0 Å². The molecule has 3 aromatic rings. The number of aryl methyl sites for hydroxylation is 1. The molecule has 1 saturated heterocycles. The topological polar surface area (TPSA) is 71.0 Å². The van der Waals surface area contributed by atoms with Gasteiger partial charge in [-0.3, -0.25) is 9.78 Å². The first kappa shape index (κ1) is 16.0. The second-order valence-corrected chi connectivity index (χ2v) is 7.12. The molecule has 4 heterocycles. The van der Waals surface area contributed by atoms with Crippen molar-refractivity contribution in [3.05, 3.63) is 47.4 Å². The van der Waals surface area contributed by atoms with Crippen molar-refractivity contribution in [2.75, 3.05) is 18.0 Å². The summed E-state index contributed by atoms with van der Waals surface area (Å²) in [6.07, 6.45) is 5.08. The number of hydrogen-bond donors (Lipinski definition) is 1. The highest BCUT2D eigenvalue weighted by Gasteiger charge is 2.24. The van der Waals surface area contributed by atoms with Gasteiger partial charge in [0.05, 0.1) is 10.2 Å². The molecular weight excluding hydrogens is 334 g/mol. The van der Waals surface area contributed by atoms with Crippen LogP contribution in [0, 0.1) is 6.92 Å². The van der Waals surface area contributed by atoms with Gasteiger partial charge in [-0.25, -0.2) is 9.97 Å². The lowest BCUT2D eigenvalue weighted by Gasteiger charge is -2.33. The van der Waals surface area contributed by atoms with Crippen molar-refractivity contribution in [2.24, 2.45) is 0 Å². The second-order valence-electron chi connectivity index (χ2n) is 6.24. The maximum atomic E-state index is 12.2. The highest BCUT2D eigenvalue weighted by atomic mass is 32.1. The highest BCUT2D eigenvalue weighted by molar-refractivity contribution is 7.18. The molecule has 0 unspecified atom stereocenters. The predicted octanol–water partition coefficient (Wildman–Crippen LogP) is 2.79. The number of nitrogens with one attached hydrogen (secondary N) is 1. The number of anilines is 1. The Balaban J connectivity index is 1.42. The summed E-state index contributed by atoms with van der Waals surface area (Å²) in [5.74, 6) is 0.912. The van der Waals surface area contributed by atoms with E-state index in [9.17, 15) is 4.79 Å². The molecule has 7 heteroatoms. The Hall–Kier alpha value is -2.54. The second kappa shape index (κ2) is 6.76. The number of hydrogen-bond acceptors (Lipinski definition) is 6. The Morgan fingerprint density at radius 1 is 1.24 bits per heavy atom. The SMILES string of the molecule is Cc1csc2c(N3CCC(NC(=O)c4ccccn4)CC3)ncnc12. The largest absolute Gasteiger partial charge is 0.355 e. The van der Waals surface area contributed by atoms with Gasteiger partial charge in [0.2, 0.25) is 0 Å². The first-order valence-corrected chi connectivity index (χ1v) is 9.26. The van der Waals surface area contributed by atoms with Crippen molar-refractivity contribution >= 4 is 33.3 Å². The number of piperidine rings is 1. The average molecular weight is 353 g/mol. The fourth-order valence-corrected chi connectivity index (χ4v) is 4.19. The molecule has 0 aliphatic carbocycles. The molecule has 0 radical (unpaired) electrons. The Morgan fingerprint density at radius 2 is 2.08 bits per heavy atom. The summed E-state index contributed by atoms with van der Waals surface area (Å²) in [5, 5.41) is 5.22. The molecule has 6 nitrogen and oxygen atoms in total. The van der Waals surface area contributed by atoms with Gasteiger partial charge >= 0.3 is 0 Å². The van der Waals surface area contributed by atoms with Crippen LogP contribution in [-0.4, -0.2) is 40.0 Å². The Kier molecular flexibility index (Phi) is 4.31. The summed E-state index contributed by atoms with van der Waals surface area (Å²) in [6, 6.07) is 5.55. The number of pyridine rings is 1. The minimum atomic E-state index is -0.0997. The average Bonchev–Trinajstić information content (AvgIpc) is 3.04. The van der Waals surface area contributed by atoms with Crippen molar-refractivity contribution in [1.29, 1.82) is 0 Å². The van der Waals surface area contributed by atoms with Crippen LogP contribution in [0.5, 0.6) is 0 Å². The zero-order valence-electron chi connectivity index (χ0n) is 14.0. The molecule has 1 aliphatic rings. The van der Waals surface area contributed by atoms with E-state index in [0.29, 0.717) is 5.69 Å². The van der Waals surface area contributed by atoms with Crippen LogP contribution in [0.2, 0.25) is 0 Å². The molecule has 128 valence electrons. The van der Waals surface area contributed by atoms with Gasteiger partial charge in [-0.15, -0.1) is 11.3 Å². The van der Waals surface area contributed by atoms with Crippen LogP contribution in [0.1, 0.15) is 28.9 Å². The third-order valence-corrected chi connectivity index (χ3v) is 5.62. The summed E-state index contributed by atoms with van der Waals surface area (Å²) in [5.41, 5.74) is 2.71. The van der Waals surface area contributed by atoms with Gasteiger partial charge in [-0.1, -0.05) is 6.07 Å². The highest BCUT2D eigenvalue weighted by Crippen LogP contribution is 2.32. The number of nitrogens with zero attached hydrogens (tertiary/aromatic N) is 4. The lowest BCUT2D eigenvalue weighted by atomic mass is 10.0. The van der Waals surface area contributed by atoms with Crippen LogP contribution in [0.25, 0.3) is 10.2 Å². The Morgan fingerprint density at radius 3 is 2.84 bits per heavy atom. The minimum absolute atomic E-state index is 0.0997. The van der Waals surface area contributed by atoms with E-state index in [1.165, 1.54) is 5.56 Å². The predicted molar refractivity (Wildman–Crippen MR) is 99.1 cm³/mol. The molecule has 0 spiro atoms. The van der Waals surface area contributed by atoms with E-state index in [0.717, 1.165) is 42.0 Å². The maximum Gasteiger partial charge on any atom is 0.270 e. The van der Waals surface area contributed by atoms with E-state index >= 15 is 0 Å². The summed E-state index contributed by atoms with van der Waals surface area (Å²) in [7, 11) is 0. The fraction of sp³-hybridized carbons (Fsp3) is 0.333. The molecule has 1 aliphatic heterocycles. The molecule has 0 saturated carbocycles. The standard InChI is InChI=1S/C18H19N5OS/c1-12-10-25-16-15(12)20-11-21-17(16)23-8-5-13(6-9-23)22-18(24)14-4-2-3-7-19-14/h2-4,7,10-11,13H,5-6,8-9H2,1H3,(H,22,24). The van der Waals surface area contributed by atoms with Gasteiger partial charge in [-0.05, 0) is 42.8 Å². The van der Waals surface area contributed by atoms with Crippen LogP contribution in [-0.2, 0) is 0 Å². The number of fused-ring (bicyclic) bond motifs is 1. The van der Waals surface area contributed by atoms with Crippen molar-refractivity contribution < 1.29 is 4.79 Å². The zero-order chi connectivity index (χ0) is 17.2. The maximum absolute atomic E-state index is 12.2. The number of rotatable bonds is 3. The molecule has 1 amide bonds. The summed E-state index contributed by atoms with van der Waals surface area (Å²) < 4.78 is 1.15. The first-order valence-electron chi connectivity index (χ1n) is 8.38. The molecule has 0 bridgehead atoms. The van der Waals surface area contributed by atoms with E-state index in [1.54, 1.807) is 29.9 Å². The number of carbonyl (C=O) groups is 1. The minimum Gasteiger partial charge on any atom is -0.355 e. The van der Waals surface area contributed by atoms with Crippen LogP contribution in [0.3, 0.4) is 0 Å². The number of aromatic nitrogens is 3. The number of thiophene rings is 1. The Labute approximate surface area is 149 Å². The summed E-state index contributed by atoms with van der Waals surface area (Å²) in [4.78, 5) is 27.5. The van der Waals surface area contributed by atoms with Crippen molar-refractivity contribution in [2.45, 2.75) is 25.8 Å². The monoisotopic (exact) mass is 353 g/mol. The third kappa shape index (κ3) is 3.19. The van der Waals surface area contributed by atoms with Crippen molar-refractivity contribution in [3.8, 4) is 0 Å². The number of carbonyl (C=O) groups excluding carboxylic acids is 1. The van der Waals surface area contributed by atoms with Crippen LogP contribution in [0.15, 0.2) is 36.1 Å². The Bertz CT molecular complexity index is 887. The van der Waals surface area contributed by atoms with Crippen LogP contribution < -0.4 is 10.2 Å². The molecule has 1 fully saturated rings. The van der Waals surface area contributed by atoms with Crippen LogP contribution >= 0.6 is 11.3 Å². The van der Waals surface area contributed by atoms with Gasteiger partial charge in [0.25, 0.3) is 5.91 Å². The van der Waals surface area contributed by atoms with E-state index in [1.807, 2.05) is 12.1 Å². The van der Waals surface area contributed by atoms with Gasteiger partial charge in [-0.2, -0.15) is 0 Å². The van der Waals surface area contributed by atoms with E-state index in [2.05, 4.69) is 37.5 Å². The molecule has 1 N–H and O–H groups in total. The summed E-state index contributed by atoms with van der Waals surface area (Å²) >= 11 is 1.70. The smallest absolute Gasteiger partial charge is 0.270 e. The van der Waals surface area contributed by atoms with E-state index in [-0.39, 0.29) is 11.9 Å². The van der Waals surface area contributed by atoms with Gasteiger partial charge in [0, 0.05) is 25.3 Å². The lowest BCUT2D eigenvalue weighted by Crippen LogP contribution is -2.45.